The Bertz CT molecular complexity index is 269. The van der Waals surface area contributed by atoms with Crippen LogP contribution in [-0.4, -0.2) is 51.8 Å². The second kappa shape index (κ2) is 9.91. The predicted octanol–water partition coefficient (Wildman–Crippen LogP) is 4.34. The fraction of sp³-hybridized carbons (Fsp3) is 1.00. The van der Waals surface area contributed by atoms with Crippen molar-refractivity contribution >= 4 is 39.5 Å². The Morgan fingerprint density at radius 2 is 1.37 bits per heavy atom. The molecule has 0 amide bonds. The molecule has 19 heavy (non-hydrogen) atoms. The second-order valence-electron chi connectivity index (χ2n) is 4.80. The van der Waals surface area contributed by atoms with E-state index in [9.17, 15) is 4.57 Å². The molecule has 0 bridgehead atoms. The fourth-order valence-corrected chi connectivity index (χ4v) is 6.10. The Labute approximate surface area is 135 Å². The van der Waals surface area contributed by atoms with Crippen LogP contribution in [-0.2, 0) is 9.09 Å². The van der Waals surface area contributed by atoms with Crippen molar-refractivity contribution in [1.29, 1.82) is 0 Å². The summed E-state index contributed by atoms with van der Waals surface area (Å²) < 4.78 is 23.2. The van der Waals surface area contributed by atoms with Gasteiger partial charge < -0.3 is 4.52 Å². The molecule has 0 aliphatic heterocycles. The molecule has 0 fully saturated rings. The van der Waals surface area contributed by atoms with Crippen LogP contribution in [0.25, 0.3) is 0 Å². The van der Waals surface area contributed by atoms with E-state index >= 15 is 0 Å². The van der Waals surface area contributed by atoms with Gasteiger partial charge in [0.25, 0.3) is 0 Å². The van der Waals surface area contributed by atoms with E-state index in [1.165, 1.54) is 0 Å². The van der Waals surface area contributed by atoms with Gasteiger partial charge in [0.1, 0.15) is 0 Å². The maximum atomic E-state index is 13.5. The minimum absolute atomic E-state index is 0.173. The summed E-state index contributed by atoms with van der Waals surface area (Å²) in [5, 5.41) is 1.56. The topological polar surface area (TPSA) is 32.8 Å². The van der Waals surface area contributed by atoms with Crippen LogP contribution in [0.1, 0.15) is 34.6 Å². The lowest BCUT2D eigenvalue weighted by atomic mass is 10.4. The van der Waals surface area contributed by atoms with Gasteiger partial charge in [0.2, 0.25) is 0 Å². The molecular weight excluding hydrogens is 395 g/mol. The molecule has 0 aromatic carbocycles. The Hall–Kier alpha value is 1.07. The Balaban J connectivity index is 5.43. The van der Waals surface area contributed by atoms with Crippen molar-refractivity contribution in [2.75, 3.05) is 30.4 Å². The lowest BCUT2D eigenvalue weighted by Crippen LogP contribution is -2.41. The summed E-state index contributed by atoms with van der Waals surface area (Å²) in [7, 11) is -2.98. The van der Waals surface area contributed by atoms with Gasteiger partial charge in [-0.15, -0.1) is 0 Å². The number of halogens is 2. The zero-order valence-corrected chi connectivity index (χ0v) is 16.7. The van der Waals surface area contributed by atoms with Gasteiger partial charge in [-0.1, -0.05) is 31.9 Å². The maximum Gasteiger partial charge on any atom is 0.346 e. The molecule has 0 unspecified atom stereocenters. The monoisotopic (exact) mass is 420 g/mol. The normalized spacial score (nSPS) is 13.2. The summed E-state index contributed by atoms with van der Waals surface area (Å²) in [6, 6.07) is 0.345. The third-order valence-corrected chi connectivity index (χ3v) is 6.69. The number of hydrogen-bond donors (Lipinski definition) is 0. The molecule has 0 saturated heterocycles. The summed E-state index contributed by atoms with van der Waals surface area (Å²) in [4.78, 5) is 0. The summed E-state index contributed by atoms with van der Waals surface area (Å²) >= 11 is 6.88. The van der Waals surface area contributed by atoms with Crippen LogP contribution in [0.5, 0.6) is 0 Å². The van der Waals surface area contributed by atoms with Crippen molar-refractivity contribution in [2.24, 2.45) is 0 Å². The van der Waals surface area contributed by atoms with Crippen LogP contribution >= 0.6 is 39.5 Å². The van der Waals surface area contributed by atoms with E-state index in [2.05, 4.69) is 59.6 Å². The maximum absolute atomic E-state index is 13.5. The molecule has 0 aliphatic rings. The van der Waals surface area contributed by atoms with Crippen LogP contribution in [0.3, 0.4) is 0 Å². The van der Waals surface area contributed by atoms with Crippen LogP contribution in [0, 0.1) is 0 Å². The van der Waals surface area contributed by atoms with Crippen molar-refractivity contribution in [3.63, 3.8) is 0 Å². The summed E-state index contributed by atoms with van der Waals surface area (Å²) in [6.45, 7) is 12.0. The minimum atomic E-state index is -2.98. The van der Waals surface area contributed by atoms with Gasteiger partial charge in [-0.3, -0.25) is 4.57 Å². The molecule has 7 heteroatoms. The van der Waals surface area contributed by atoms with Gasteiger partial charge in [-0.2, -0.15) is 0 Å². The fourth-order valence-electron chi connectivity index (χ4n) is 1.99. The first-order valence-corrected chi connectivity index (χ1v) is 10.5. The third kappa shape index (κ3) is 5.76. The van der Waals surface area contributed by atoms with Gasteiger partial charge in [-0.05, 0) is 34.6 Å². The highest BCUT2D eigenvalue weighted by atomic mass is 79.9. The van der Waals surface area contributed by atoms with E-state index in [4.69, 9.17) is 4.52 Å². The molecule has 0 saturated carbocycles. The molecule has 0 atom stereocenters. The predicted molar refractivity (Wildman–Crippen MR) is 90.5 cm³/mol. The van der Waals surface area contributed by atoms with Crippen LogP contribution in [0.4, 0.5) is 0 Å². The first kappa shape index (κ1) is 20.1. The van der Waals surface area contributed by atoms with Crippen molar-refractivity contribution in [3.8, 4) is 0 Å². The van der Waals surface area contributed by atoms with Gasteiger partial charge in [0, 0.05) is 35.8 Å². The van der Waals surface area contributed by atoms with Gasteiger partial charge in [-0.25, -0.2) is 9.34 Å². The smallest absolute Gasteiger partial charge is 0.306 e. The highest BCUT2D eigenvalue weighted by molar-refractivity contribution is 9.09. The van der Waals surface area contributed by atoms with Gasteiger partial charge in [0.15, 0.2) is 0 Å². The van der Waals surface area contributed by atoms with Crippen molar-refractivity contribution in [3.05, 3.63) is 0 Å². The summed E-state index contributed by atoms with van der Waals surface area (Å²) in [5.41, 5.74) is 0. The molecule has 0 spiro atoms. The quantitative estimate of drug-likeness (QED) is 0.388. The highest BCUT2D eigenvalue weighted by Gasteiger charge is 2.40. The number of nitrogens with zero attached hydrogens (tertiary/aromatic N) is 2. The Kier molecular flexibility index (Phi) is 10.5. The van der Waals surface area contributed by atoms with E-state index in [0.717, 1.165) is 10.7 Å². The summed E-state index contributed by atoms with van der Waals surface area (Å²) in [5.74, 6) is 0. The molecule has 0 rings (SSSR count). The largest absolute Gasteiger partial charge is 0.346 e. The molecular formula is C12H27Br2N2O2P. The third-order valence-electron chi connectivity index (χ3n) is 2.77. The molecule has 0 aromatic rings. The van der Waals surface area contributed by atoms with Gasteiger partial charge in [0.05, 0.1) is 6.61 Å². The van der Waals surface area contributed by atoms with E-state index in [0.29, 0.717) is 19.7 Å². The first-order chi connectivity index (χ1) is 8.84. The zero-order valence-electron chi connectivity index (χ0n) is 12.6. The van der Waals surface area contributed by atoms with E-state index in [1.807, 2.05) is 16.3 Å². The van der Waals surface area contributed by atoms with E-state index < -0.39 is 7.67 Å². The standard InChI is InChI=1S/C12H27Br2N2O2P/c1-6-18-19(17,15(9-7-13)11(2)3)16(10-8-14)12(4)5/h11-12H,6-10H2,1-5H3. The molecule has 0 heterocycles. The van der Waals surface area contributed by atoms with Crippen molar-refractivity contribution in [1.82, 2.24) is 9.34 Å². The molecule has 116 valence electrons. The lowest BCUT2D eigenvalue weighted by Gasteiger charge is -2.41. The van der Waals surface area contributed by atoms with Gasteiger partial charge >= 0.3 is 7.67 Å². The van der Waals surface area contributed by atoms with E-state index in [-0.39, 0.29) is 12.1 Å². The molecule has 0 radical (unpaired) electrons. The highest BCUT2D eigenvalue weighted by Crippen LogP contribution is 2.56. The molecule has 4 nitrogen and oxygen atoms in total. The lowest BCUT2D eigenvalue weighted by molar-refractivity contribution is 0.190. The second-order valence-corrected chi connectivity index (χ2v) is 8.65. The average molecular weight is 422 g/mol. The Morgan fingerprint density at radius 1 is 1.00 bits per heavy atom. The molecule has 0 aliphatic carbocycles. The molecule has 0 aromatic heterocycles. The summed E-state index contributed by atoms with van der Waals surface area (Å²) in [6.07, 6.45) is 0. The van der Waals surface area contributed by atoms with Crippen LogP contribution in [0.2, 0.25) is 0 Å². The van der Waals surface area contributed by atoms with Crippen LogP contribution in [0.15, 0.2) is 0 Å². The van der Waals surface area contributed by atoms with E-state index in [1.54, 1.807) is 0 Å². The van der Waals surface area contributed by atoms with Crippen molar-refractivity contribution in [2.45, 2.75) is 46.7 Å². The average Bonchev–Trinajstić information content (AvgIpc) is 2.32. The van der Waals surface area contributed by atoms with Crippen LogP contribution < -0.4 is 0 Å². The number of alkyl halides is 2. The number of rotatable bonds is 10. The minimum Gasteiger partial charge on any atom is -0.306 e. The van der Waals surface area contributed by atoms with Crippen molar-refractivity contribution < 1.29 is 9.09 Å². The Morgan fingerprint density at radius 3 is 1.58 bits per heavy atom. The first-order valence-electron chi connectivity index (χ1n) is 6.75. The SMILES string of the molecule is CCOP(=O)(N(CCBr)C(C)C)N(CCBr)C(C)C. The molecule has 0 N–H and O–H groups in total. The zero-order chi connectivity index (χ0) is 15.1. The number of hydrogen-bond acceptors (Lipinski definition) is 2.